The first-order valence-corrected chi connectivity index (χ1v) is 8.10. The first-order chi connectivity index (χ1) is 9.43. The van der Waals surface area contributed by atoms with Crippen LogP contribution in [0.1, 0.15) is 59.6 Å². The van der Waals surface area contributed by atoms with Gasteiger partial charge in [-0.15, -0.1) is 11.8 Å². The number of esters is 1. The van der Waals surface area contributed by atoms with Crippen LogP contribution in [0.4, 0.5) is 0 Å². The van der Waals surface area contributed by atoms with Crippen LogP contribution in [-0.4, -0.2) is 16.3 Å². The predicted molar refractivity (Wildman–Crippen MR) is 86.5 cm³/mol. The smallest absolute Gasteiger partial charge is 0.324 e. The minimum absolute atomic E-state index is 0.0890. The average Bonchev–Trinajstić information content (AvgIpc) is 2.28. The molecular weight excluding hydrogens is 284 g/mol. The van der Waals surface area contributed by atoms with Crippen molar-refractivity contribution in [3.05, 3.63) is 17.2 Å². The van der Waals surface area contributed by atoms with Gasteiger partial charge in [-0.05, 0) is 29.4 Å². The molecule has 0 aromatic heterocycles. The quantitative estimate of drug-likeness (QED) is 0.570. The van der Waals surface area contributed by atoms with E-state index in [1.54, 1.807) is 0 Å². The molecular formula is C17H24O3S. The lowest BCUT2D eigenvalue weighted by atomic mass is 9.80. The summed E-state index contributed by atoms with van der Waals surface area (Å²) < 4.78 is 5.44. The van der Waals surface area contributed by atoms with Gasteiger partial charge in [-0.25, -0.2) is 0 Å². The third-order valence-corrected chi connectivity index (χ3v) is 4.84. The van der Waals surface area contributed by atoms with E-state index in [4.69, 9.17) is 4.74 Å². The Morgan fingerprint density at radius 2 is 1.62 bits per heavy atom. The molecule has 0 saturated carbocycles. The molecule has 1 unspecified atom stereocenters. The highest BCUT2D eigenvalue weighted by atomic mass is 32.2. The summed E-state index contributed by atoms with van der Waals surface area (Å²) in [7, 11) is 0. The largest absolute Gasteiger partial charge is 0.504 e. The molecule has 1 aromatic carbocycles. The van der Waals surface area contributed by atoms with Crippen LogP contribution in [-0.2, 0) is 15.6 Å². The lowest BCUT2D eigenvalue weighted by Gasteiger charge is -2.32. The molecule has 116 valence electrons. The molecule has 0 spiro atoms. The van der Waals surface area contributed by atoms with Gasteiger partial charge < -0.3 is 9.84 Å². The molecule has 1 aromatic rings. The molecule has 1 heterocycles. The molecule has 21 heavy (non-hydrogen) atoms. The van der Waals surface area contributed by atoms with Gasteiger partial charge in [0, 0.05) is 5.56 Å². The molecule has 0 radical (unpaired) electrons. The van der Waals surface area contributed by atoms with E-state index in [1.165, 1.54) is 11.8 Å². The zero-order chi connectivity index (χ0) is 16.2. The third-order valence-electron chi connectivity index (χ3n) is 3.65. The van der Waals surface area contributed by atoms with E-state index in [0.29, 0.717) is 5.75 Å². The van der Waals surface area contributed by atoms with Crippen LogP contribution < -0.4 is 4.74 Å². The number of phenolic OH excluding ortho intramolecular Hbond substituents is 1. The molecule has 0 fully saturated rings. The Labute approximate surface area is 131 Å². The van der Waals surface area contributed by atoms with Crippen LogP contribution in [0, 0.1) is 0 Å². The van der Waals surface area contributed by atoms with Crippen LogP contribution in [0.5, 0.6) is 11.5 Å². The maximum absolute atomic E-state index is 11.9. The standard InChI is InChI=1S/C17H24O3S/c1-9-15(19)20-13-12(18)10(16(2,3)4)8-11(14(13)21-9)17(5,6)7/h8-9,18H,1-7H3. The lowest BCUT2D eigenvalue weighted by Crippen LogP contribution is -2.27. The van der Waals surface area contributed by atoms with Crippen molar-refractivity contribution in [3.63, 3.8) is 0 Å². The number of ether oxygens (including phenoxy) is 1. The fourth-order valence-electron chi connectivity index (χ4n) is 2.38. The zero-order valence-corrected chi connectivity index (χ0v) is 14.6. The van der Waals surface area contributed by atoms with Gasteiger partial charge in [0.15, 0.2) is 11.5 Å². The predicted octanol–water partition coefficient (Wildman–Crippen LogP) is 4.39. The normalized spacial score (nSPS) is 19.2. The maximum Gasteiger partial charge on any atom is 0.324 e. The Morgan fingerprint density at radius 1 is 1.10 bits per heavy atom. The highest BCUT2D eigenvalue weighted by Crippen LogP contribution is 2.51. The number of hydrogen-bond acceptors (Lipinski definition) is 4. The number of rotatable bonds is 0. The van der Waals surface area contributed by atoms with Crippen LogP contribution in [0.15, 0.2) is 11.0 Å². The number of carbonyl (C=O) groups is 1. The van der Waals surface area contributed by atoms with Crippen molar-refractivity contribution in [3.8, 4) is 11.5 Å². The Kier molecular flexibility index (Phi) is 3.81. The van der Waals surface area contributed by atoms with Crippen molar-refractivity contribution in [2.45, 2.75) is 69.4 Å². The second-order valence-corrected chi connectivity index (χ2v) is 9.01. The van der Waals surface area contributed by atoms with Gasteiger partial charge in [0.2, 0.25) is 0 Å². The Hall–Kier alpha value is -1.16. The molecule has 1 atom stereocenters. The first-order valence-electron chi connectivity index (χ1n) is 7.22. The zero-order valence-electron chi connectivity index (χ0n) is 13.8. The van der Waals surface area contributed by atoms with Gasteiger partial charge in [0.1, 0.15) is 5.25 Å². The number of hydrogen-bond donors (Lipinski definition) is 1. The SMILES string of the molecule is CC1Sc2c(C(C)(C)C)cc(C(C)(C)C)c(O)c2OC1=O. The second-order valence-electron chi connectivity index (χ2n) is 7.66. The van der Waals surface area contributed by atoms with Gasteiger partial charge in [-0.1, -0.05) is 41.5 Å². The summed E-state index contributed by atoms with van der Waals surface area (Å²) in [5, 5.41) is 10.3. The number of phenols is 1. The lowest BCUT2D eigenvalue weighted by molar-refractivity contribution is -0.134. The van der Waals surface area contributed by atoms with E-state index in [9.17, 15) is 9.90 Å². The number of fused-ring (bicyclic) bond motifs is 1. The minimum Gasteiger partial charge on any atom is -0.504 e. The molecule has 0 saturated heterocycles. The fourth-order valence-corrected chi connectivity index (χ4v) is 3.61. The first kappa shape index (κ1) is 16.2. The molecule has 0 bridgehead atoms. The number of thioether (sulfide) groups is 1. The summed E-state index contributed by atoms with van der Waals surface area (Å²) in [6.45, 7) is 14.4. The highest BCUT2D eigenvalue weighted by molar-refractivity contribution is 8.00. The van der Waals surface area contributed by atoms with Gasteiger partial charge >= 0.3 is 5.97 Å². The number of carbonyl (C=O) groups excluding carboxylic acids is 1. The fraction of sp³-hybridized carbons (Fsp3) is 0.588. The maximum atomic E-state index is 11.9. The van der Waals surface area contributed by atoms with Crippen LogP contribution in [0.2, 0.25) is 0 Å². The summed E-state index contributed by atoms with van der Waals surface area (Å²) in [6, 6.07) is 2.06. The van der Waals surface area contributed by atoms with E-state index in [1.807, 2.05) is 27.7 Å². The topological polar surface area (TPSA) is 46.5 Å². The molecule has 0 amide bonds. The van der Waals surface area contributed by atoms with Crippen molar-refractivity contribution >= 4 is 17.7 Å². The Balaban J connectivity index is 2.78. The summed E-state index contributed by atoms with van der Waals surface area (Å²) in [5.41, 5.74) is 1.62. The van der Waals surface area contributed by atoms with E-state index < -0.39 is 0 Å². The van der Waals surface area contributed by atoms with Crippen molar-refractivity contribution in [1.29, 1.82) is 0 Å². The van der Waals surface area contributed by atoms with Gasteiger partial charge in [-0.2, -0.15) is 0 Å². The molecule has 4 heteroatoms. The number of aromatic hydroxyl groups is 1. The van der Waals surface area contributed by atoms with Crippen LogP contribution in [0.3, 0.4) is 0 Å². The highest BCUT2D eigenvalue weighted by Gasteiger charge is 2.36. The van der Waals surface area contributed by atoms with Crippen LogP contribution >= 0.6 is 11.8 Å². The number of benzene rings is 1. The second kappa shape index (κ2) is 4.94. The molecule has 3 nitrogen and oxygen atoms in total. The van der Waals surface area contributed by atoms with Crippen molar-refractivity contribution < 1.29 is 14.6 Å². The van der Waals surface area contributed by atoms with E-state index in [0.717, 1.165) is 16.0 Å². The summed E-state index contributed by atoms with van der Waals surface area (Å²) >= 11 is 1.47. The van der Waals surface area contributed by atoms with Gasteiger partial charge in [0.25, 0.3) is 0 Å². The van der Waals surface area contributed by atoms with E-state index >= 15 is 0 Å². The average molecular weight is 308 g/mol. The summed E-state index contributed by atoms with van der Waals surface area (Å²) in [6.07, 6.45) is 0. The van der Waals surface area contributed by atoms with E-state index in [2.05, 4.69) is 26.8 Å². The third kappa shape index (κ3) is 2.91. The Morgan fingerprint density at radius 3 is 2.10 bits per heavy atom. The van der Waals surface area contributed by atoms with Gasteiger partial charge in [-0.3, -0.25) is 4.79 Å². The summed E-state index contributed by atoms with van der Waals surface area (Å²) in [4.78, 5) is 12.8. The molecule has 2 rings (SSSR count). The molecule has 1 aliphatic rings. The summed E-state index contributed by atoms with van der Waals surface area (Å²) in [5.74, 6) is 0.132. The van der Waals surface area contributed by atoms with Crippen molar-refractivity contribution in [1.82, 2.24) is 0 Å². The Bertz CT molecular complexity index is 592. The minimum atomic E-state index is -0.297. The van der Waals surface area contributed by atoms with Crippen molar-refractivity contribution in [2.24, 2.45) is 0 Å². The van der Waals surface area contributed by atoms with Crippen LogP contribution in [0.25, 0.3) is 0 Å². The van der Waals surface area contributed by atoms with Crippen molar-refractivity contribution in [2.75, 3.05) is 0 Å². The molecule has 1 aliphatic heterocycles. The van der Waals surface area contributed by atoms with E-state index in [-0.39, 0.29) is 27.8 Å². The molecule has 0 aliphatic carbocycles. The molecule has 1 N–H and O–H groups in total. The monoisotopic (exact) mass is 308 g/mol. The van der Waals surface area contributed by atoms with Gasteiger partial charge in [0.05, 0.1) is 4.90 Å².